The molecule has 35 heavy (non-hydrogen) atoms. The highest BCUT2D eigenvalue weighted by Gasteiger charge is 2.52. The predicted molar refractivity (Wildman–Crippen MR) is 136 cm³/mol. The van der Waals surface area contributed by atoms with Gasteiger partial charge in [-0.2, -0.15) is 0 Å². The average Bonchev–Trinajstić information content (AvgIpc) is 2.83. The molecule has 4 saturated carbocycles. The molecule has 5 heteroatoms. The van der Waals surface area contributed by atoms with Gasteiger partial charge in [-0.15, -0.1) is 0 Å². The van der Waals surface area contributed by atoms with Crippen molar-refractivity contribution in [3.8, 4) is 5.75 Å². The molecule has 0 spiro atoms. The molecular formula is C30H36O5. The fourth-order valence-corrected chi connectivity index (χ4v) is 7.19. The van der Waals surface area contributed by atoms with Crippen molar-refractivity contribution >= 4 is 17.6 Å². The minimum absolute atomic E-state index is 0.192. The van der Waals surface area contributed by atoms with Gasteiger partial charge in [0, 0.05) is 12.7 Å². The van der Waals surface area contributed by atoms with E-state index in [-0.39, 0.29) is 11.0 Å². The van der Waals surface area contributed by atoms with Crippen LogP contribution in [0.3, 0.4) is 0 Å². The quantitative estimate of drug-likeness (QED) is 0.320. The van der Waals surface area contributed by atoms with Crippen LogP contribution >= 0.6 is 0 Å². The van der Waals surface area contributed by atoms with Crippen molar-refractivity contribution < 1.29 is 24.1 Å². The lowest BCUT2D eigenvalue weighted by molar-refractivity contribution is -0.231. The van der Waals surface area contributed by atoms with Crippen molar-refractivity contribution in [1.29, 1.82) is 0 Å². The summed E-state index contributed by atoms with van der Waals surface area (Å²) in [6.07, 6.45) is 10.0. The number of carboxylic acid groups (broad SMARTS) is 1. The summed E-state index contributed by atoms with van der Waals surface area (Å²) >= 11 is 0. The highest BCUT2D eigenvalue weighted by Crippen LogP contribution is 2.62. The summed E-state index contributed by atoms with van der Waals surface area (Å²) in [6.45, 7) is 3.78. The van der Waals surface area contributed by atoms with E-state index in [1.807, 2.05) is 19.1 Å². The number of methoxy groups -OCH3 is 1. The lowest BCUT2D eigenvalue weighted by Crippen LogP contribution is -2.48. The van der Waals surface area contributed by atoms with Gasteiger partial charge < -0.3 is 19.3 Å². The Morgan fingerprint density at radius 2 is 1.63 bits per heavy atom. The fraction of sp³-hybridized carbons (Fsp3) is 0.500. The first-order valence-corrected chi connectivity index (χ1v) is 12.9. The van der Waals surface area contributed by atoms with Crippen molar-refractivity contribution in [3.63, 3.8) is 0 Å². The van der Waals surface area contributed by atoms with E-state index in [2.05, 4.69) is 31.2 Å². The minimum Gasteiger partial charge on any atom is -0.478 e. The normalized spacial score (nSPS) is 28.2. The smallest absolute Gasteiger partial charge is 0.335 e. The Labute approximate surface area is 208 Å². The third-order valence-electron chi connectivity index (χ3n) is 8.31. The topological polar surface area (TPSA) is 65.0 Å². The van der Waals surface area contributed by atoms with E-state index in [1.165, 1.54) is 44.1 Å². The van der Waals surface area contributed by atoms with Gasteiger partial charge in [-0.1, -0.05) is 30.3 Å². The highest BCUT2D eigenvalue weighted by molar-refractivity contribution is 5.88. The van der Waals surface area contributed by atoms with Crippen LogP contribution in [0.5, 0.6) is 5.75 Å². The maximum Gasteiger partial charge on any atom is 0.335 e. The van der Waals surface area contributed by atoms with Crippen LogP contribution in [0.25, 0.3) is 11.6 Å². The second kappa shape index (κ2) is 9.79. The van der Waals surface area contributed by atoms with Crippen molar-refractivity contribution in [3.05, 3.63) is 64.7 Å². The van der Waals surface area contributed by atoms with E-state index < -0.39 is 12.4 Å². The first-order chi connectivity index (χ1) is 16.9. The van der Waals surface area contributed by atoms with E-state index >= 15 is 0 Å². The van der Waals surface area contributed by atoms with Crippen LogP contribution in [0.15, 0.2) is 42.5 Å². The second-order valence-electron chi connectivity index (χ2n) is 10.8. The van der Waals surface area contributed by atoms with Crippen molar-refractivity contribution in [2.24, 2.45) is 17.8 Å². The van der Waals surface area contributed by atoms with E-state index in [0.29, 0.717) is 6.61 Å². The molecule has 1 atom stereocenters. The molecule has 5 nitrogen and oxygen atoms in total. The minimum atomic E-state index is -0.915. The maximum atomic E-state index is 11.2. The Morgan fingerprint density at radius 3 is 2.17 bits per heavy atom. The van der Waals surface area contributed by atoms with Crippen LogP contribution in [0, 0.1) is 17.8 Å². The number of carbonyl (C=O) groups is 1. The summed E-state index contributed by atoms with van der Waals surface area (Å²) in [5.41, 5.74) is 4.90. The van der Waals surface area contributed by atoms with Gasteiger partial charge in [0.1, 0.15) is 5.75 Å². The Hall–Kier alpha value is -2.63. The molecule has 4 fully saturated rings. The molecule has 4 aliphatic rings. The van der Waals surface area contributed by atoms with Gasteiger partial charge in [0.05, 0.1) is 12.2 Å². The van der Waals surface area contributed by atoms with Crippen LogP contribution in [0.4, 0.5) is 0 Å². The van der Waals surface area contributed by atoms with Crippen molar-refractivity contribution in [2.45, 2.75) is 64.3 Å². The molecule has 2 aromatic rings. The van der Waals surface area contributed by atoms with E-state index in [4.69, 9.17) is 19.3 Å². The van der Waals surface area contributed by atoms with Crippen molar-refractivity contribution in [1.82, 2.24) is 0 Å². The molecule has 0 aromatic heterocycles. The van der Waals surface area contributed by atoms with Crippen LogP contribution in [-0.2, 0) is 14.9 Å². The molecule has 2 aromatic carbocycles. The maximum absolute atomic E-state index is 11.2. The largest absolute Gasteiger partial charge is 0.478 e. The predicted octanol–water partition coefficient (Wildman–Crippen LogP) is 6.76. The SMILES string of the molecule is CCOC(OC)Oc1cc(/C(C)=C\c2ccc(C(=O)O)cc2)ccc1C12CC3CC(CC(C3)C1)C2. The average molecular weight is 477 g/mol. The number of ether oxygens (including phenoxy) is 3. The fourth-order valence-electron chi connectivity index (χ4n) is 7.19. The molecule has 0 aliphatic heterocycles. The third-order valence-corrected chi connectivity index (χ3v) is 8.31. The van der Waals surface area contributed by atoms with Crippen molar-refractivity contribution in [2.75, 3.05) is 13.7 Å². The standard InChI is InChI=1S/C30H36O5/c1-4-34-29(33-3)35-27-15-25(19(2)11-20-5-7-24(8-6-20)28(31)32)9-10-26(27)30-16-21-12-22(17-30)14-23(13-21)18-30/h5-11,15,21-23,29H,4,12-14,16-18H2,1-3H3,(H,31,32)/b19-11-. The summed E-state index contributed by atoms with van der Waals surface area (Å²) in [5.74, 6) is 2.47. The monoisotopic (exact) mass is 476 g/mol. The van der Waals surface area contributed by atoms with Gasteiger partial charge in [0.2, 0.25) is 0 Å². The molecule has 4 aliphatic carbocycles. The molecule has 6 rings (SSSR count). The molecule has 0 radical (unpaired) electrons. The molecule has 4 bridgehead atoms. The molecule has 0 heterocycles. The van der Waals surface area contributed by atoms with Crippen LogP contribution in [0.2, 0.25) is 0 Å². The molecule has 0 saturated heterocycles. The van der Waals surface area contributed by atoms with E-state index in [1.54, 1.807) is 19.2 Å². The Morgan fingerprint density at radius 1 is 1.03 bits per heavy atom. The van der Waals surface area contributed by atoms with Crippen LogP contribution in [-0.4, -0.2) is 31.3 Å². The van der Waals surface area contributed by atoms with Gasteiger partial charge in [-0.3, -0.25) is 0 Å². The molecule has 0 amide bonds. The molecule has 1 N–H and O–H groups in total. The molecular weight excluding hydrogens is 440 g/mol. The molecule has 1 unspecified atom stereocenters. The van der Waals surface area contributed by atoms with Gasteiger partial charge in [-0.05, 0) is 110 Å². The highest BCUT2D eigenvalue weighted by atomic mass is 16.8. The lowest BCUT2D eigenvalue weighted by Gasteiger charge is -2.57. The summed E-state index contributed by atoms with van der Waals surface area (Å²) in [7, 11) is 1.61. The van der Waals surface area contributed by atoms with Gasteiger partial charge >= 0.3 is 12.4 Å². The second-order valence-corrected chi connectivity index (χ2v) is 10.8. The Bertz CT molecular complexity index is 1060. The van der Waals surface area contributed by atoms with E-state index in [0.717, 1.165) is 40.2 Å². The number of hydrogen-bond acceptors (Lipinski definition) is 4. The van der Waals surface area contributed by atoms with Gasteiger partial charge in [-0.25, -0.2) is 4.79 Å². The summed E-state index contributed by atoms with van der Waals surface area (Å²) < 4.78 is 17.5. The Kier molecular flexibility index (Phi) is 6.73. The lowest BCUT2D eigenvalue weighted by atomic mass is 9.48. The van der Waals surface area contributed by atoms with E-state index in [9.17, 15) is 4.79 Å². The number of aromatic carboxylic acids is 1. The number of hydrogen-bond donors (Lipinski definition) is 1. The summed E-state index contributed by atoms with van der Waals surface area (Å²) in [5, 5.41) is 9.16. The first kappa shape index (κ1) is 24.1. The van der Waals surface area contributed by atoms with Crippen LogP contribution < -0.4 is 4.74 Å². The summed E-state index contributed by atoms with van der Waals surface area (Å²) in [6, 6.07) is 13.6. The van der Waals surface area contributed by atoms with Gasteiger partial charge in [0.25, 0.3) is 0 Å². The Balaban J connectivity index is 1.49. The third kappa shape index (κ3) is 4.89. The number of allylic oxidation sites excluding steroid dienone is 1. The molecule has 186 valence electrons. The number of benzene rings is 2. The van der Waals surface area contributed by atoms with Gasteiger partial charge in [0.15, 0.2) is 0 Å². The number of rotatable bonds is 9. The zero-order valence-corrected chi connectivity index (χ0v) is 21.0. The van der Waals surface area contributed by atoms with Crippen LogP contribution in [0.1, 0.15) is 79.4 Å². The zero-order valence-electron chi connectivity index (χ0n) is 21.0. The number of carboxylic acids is 1. The summed E-state index contributed by atoms with van der Waals surface area (Å²) in [4.78, 5) is 11.2. The first-order valence-electron chi connectivity index (χ1n) is 12.9. The zero-order chi connectivity index (χ0) is 24.6.